The van der Waals surface area contributed by atoms with Crippen molar-refractivity contribution in [3.63, 3.8) is 0 Å². The van der Waals surface area contributed by atoms with E-state index in [1.165, 1.54) is 24.1 Å². The monoisotopic (exact) mass is 516 g/mol. The highest BCUT2D eigenvalue weighted by Crippen LogP contribution is 2.36. The minimum Gasteiger partial charge on any atom is -0.385 e. The molecule has 3 aromatic rings. The van der Waals surface area contributed by atoms with E-state index in [1.54, 1.807) is 35.0 Å². The summed E-state index contributed by atoms with van der Waals surface area (Å²) < 4.78 is 100. The van der Waals surface area contributed by atoms with Crippen molar-refractivity contribution in [3.05, 3.63) is 94.6 Å². The summed E-state index contributed by atoms with van der Waals surface area (Å²) in [5.74, 6) is -1.41. The molecule has 0 fully saturated rings. The lowest BCUT2D eigenvalue weighted by atomic mass is 10.0. The van der Waals surface area contributed by atoms with E-state index in [-0.39, 0.29) is 32.3 Å². The van der Waals surface area contributed by atoms with Crippen LogP contribution in [0.25, 0.3) is 0 Å². The quantitative estimate of drug-likeness (QED) is 0.244. The number of hydrogen-bond acceptors (Lipinski definition) is 2. The molecule has 0 unspecified atom stereocenters. The summed E-state index contributed by atoms with van der Waals surface area (Å²) in [7, 11) is 1.43. The van der Waals surface area contributed by atoms with Gasteiger partial charge in [-0.05, 0) is 54.4 Å². The molecule has 1 heterocycles. The lowest BCUT2D eigenvalue weighted by Gasteiger charge is -2.25. The van der Waals surface area contributed by atoms with Crippen molar-refractivity contribution in [3.8, 4) is 0 Å². The molecule has 0 bridgehead atoms. The van der Waals surface area contributed by atoms with Gasteiger partial charge >= 0.3 is 12.4 Å². The summed E-state index contributed by atoms with van der Waals surface area (Å²) in [5, 5.41) is 0. The van der Waals surface area contributed by atoms with E-state index >= 15 is 0 Å². The van der Waals surface area contributed by atoms with Gasteiger partial charge in [0.2, 0.25) is 0 Å². The standard InChI is InChI=1S/C25H23F7N2O2/c1-36-10-4-9-34(16-22-7-3-8-33(22)15-17-5-2-6-21(26)11-17)23(35)18-12-19(24(27,28)29)14-20(13-18)25(30,31)32/h2-3,5-8,11-14H,4,9-10,15-16H2,1H3. The molecule has 1 aromatic heterocycles. The predicted molar refractivity (Wildman–Crippen MR) is 118 cm³/mol. The van der Waals surface area contributed by atoms with Crippen LogP contribution >= 0.6 is 0 Å². The maximum atomic E-state index is 13.6. The van der Waals surface area contributed by atoms with Crippen molar-refractivity contribution in [2.75, 3.05) is 20.3 Å². The molecular formula is C25H23F7N2O2. The van der Waals surface area contributed by atoms with Crippen LogP contribution in [0.4, 0.5) is 30.7 Å². The molecule has 194 valence electrons. The van der Waals surface area contributed by atoms with E-state index in [9.17, 15) is 35.5 Å². The summed E-state index contributed by atoms with van der Waals surface area (Å²) >= 11 is 0. The van der Waals surface area contributed by atoms with Gasteiger partial charge in [-0.15, -0.1) is 0 Å². The van der Waals surface area contributed by atoms with E-state index < -0.39 is 40.8 Å². The molecule has 3 rings (SSSR count). The summed E-state index contributed by atoms with van der Waals surface area (Å²) in [6, 6.07) is 10.1. The number of ether oxygens (including phenoxy) is 1. The maximum Gasteiger partial charge on any atom is 0.416 e. The van der Waals surface area contributed by atoms with Crippen molar-refractivity contribution in [2.24, 2.45) is 0 Å². The molecule has 0 N–H and O–H groups in total. The molecular weight excluding hydrogens is 493 g/mol. The number of halogens is 7. The molecule has 2 aromatic carbocycles. The average Bonchev–Trinajstić information content (AvgIpc) is 3.23. The first kappa shape index (κ1) is 27.3. The Kier molecular flexibility index (Phi) is 8.44. The van der Waals surface area contributed by atoms with E-state index in [1.807, 2.05) is 0 Å². The van der Waals surface area contributed by atoms with Gasteiger partial charge in [0, 0.05) is 44.3 Å². The molecule has 0 radical (unpaired) electrons. The Balaban J connectivity index is 1.94. The molecule has 1 amide bonds. The van der Waals surface area contributed by atoms with Crippen molar-refractivity contribution in [1.82, 2.24) is 9.47 Å². The normalized spacial score (nSPS) is 12.1. The van der Waals surface area contributed by atoms with Gasteiger partial charge in [-0.1, -0.05) is 12.1 Å². The van der Waals surface area contributed by atoms with Crippen LogP contribution in [0.15, 0.2) is 60.8 Å². The van der Waals surface area contributed by atoms with Crippen LogP contribution in [-0.4, -0.2) is 35.6 Å². The second kappa shape index (κ2) is 11.2. The van der Waals surface area contributed by atoms with Crippen LogP contribution in [-0.2, 0) is 30.2 Å². The highest BCUT2D eigenvalue weighted by Gasteiger charge is 2.38. The van der Waals surface area contributed by atoms with Gasteiger partial charge in [0.05, 0.1) is 17.7 Å². The van der Waals surface area contributed by atoms with Crippen LogP contribution in [0, 0.1) is 5.82 Å². The molecule has 4 nitrogen and oxygen atoms in total. The zero-order valence-electron chi connectivity index (χ0n) is 19.2. The van der Waals surface area contributed by atoms with E-state index in [0.717, 1.165) is 0 Å². The van der Waals surface area contributed by atoms with Crippen LogP contribution in [0.1, 0.15) is 39.2 Å². The SMILES string of the molecule is COCCCN(Cc1cccn1Cc1cccc(F)c1)C(=O)c1cc(C(F)(F)F)cc(C(F)(F)F)c1. The Bertz CT molecular complexity index is 1150. The van der Waals surface area contributed by atoms with Crippen LogP contribution in [0.2, 0.25) is 0 Å². The fourth-order valence-electron chi connectivity index (χ4n) is 3.69. The number of carbonyl (C=O) groups is 1. The van der Waals surface area contributed by atoms with Crippen LogP contribution in [0.3, 0.4) is 0 Å². The Hall–Kier alpha value is -3.34. The van der Waals surface area contributed by atoms with Crippen molar-refractivity contribution in [1.29, 1.82) is 0 Å². The molecule has 36 heavy (non-hydrogen) atoms. The number of carbonyl (C=O) groups excluding carboxylic acids is 1. The Morgan fingerprint density at radius 1 is 0.944 bits per heavy atom. The fourth-order valence-corrected chi connectivity index (χ4v) is 3.69. The number of nitrogens with zero attached hydrogens (tertiary/aromatic N) is 2. The molecule has 0 atom stereocenters. The Morgan fingerprint density at radius 2 is 1.61 bits per heavy atom. The van der Waals surface area contributed by atoms with Gasteiger partial charge in [0.15, 0.2) is 0 Å². The Morgan fingerprint density at radius 3 is 2.19 bits per heavy atom. The number of alkyl halides is 6. The van der Waals surface area contributed by atoms with Gasteiger partial charge in [-0.25, -0.2) is 4.39 Å². The van der Waals surface area contributed by atoms with Gasteiger partial charge in [-0.3, -0.25) is 4.79 Å². The molecule has 0 spiro atoms. The summed E-state index contributed by atoms with van der Waals surface area (Å²) in [4.78, 5) is 14.4. The van der Waals surface area contributed by atoms with Crippen molar-refractivity contribution in [2.45, 2.75) is 31.9 Å². The third kappa shape index (κ3) is 7.09. The number of hydrogen-bond donors (Lipinski definition) is 0. The van der Waals surface area contributed by atoms with Gasteiger partial charge in [-0.2, -0.15) is 26.3 Å². The number of aromatic nitrogens is 1. The number of rotatable bonds is 9. The zero-order valence-corrected chi connectivity index (χ0v) is 19.2. The third-order valence-corrected chi connectivity index (χ3v) is 5.42. The van der Waals surface area contributed by atoms with Crippen LogP contribution in [0.5, 0.6) is 0 Å². The minimum absolute atomic E-state index is 0.0177. The number of methoxy groups -OCH3 is 1. The Labute approximate surface area is 202 Å². The number of benzene rings is 2. The second-order valence-corrected chi connectivity index (χ2v) is 8.12. The molecule has 0 aliphatic carbocycles. The molecule has 0 saturated carbocycles. The third-order valence-electron chi connectivity index (χ3n) is 5.42. The first-order valence-corrected chi connectivity index (χ1v) is 10.8. The first-order chi connectivity index (χ1) is 16.9. The molecule has 0 saturated heterocycles. The fraction of sp³-hybridized carbons (Fsp3) is 0.320. The predicted octanol–water partition coefficient (Wildman–Crippen LogP) is 6.39. The first-order valence-electron chi connectivity index (χ1n) is 10.8. The highest BCUT2D eigenvalue weighted by molar-refractivity contribution is 5.94. The average molecular weight is 516 g/mol. The maximum absolute atomic E-state index is 13.6. The highest BCUT2D eigenvalue weighted by atomic mass is 19.4. The van der Waals surface area contributed by atoms with Crippen molar-refractivity contribution >= 4 is 5.91 Å². The lowest BCUT2D eigenvalue weighted by molar-refractivity contribution is -0.143. The van der Waals surface area contributed by atoms with Gasteiger partial charge in [0.25, 0.3) is 5.91 Å². The topological polar surface area (TPSA) is 34.5 Å². The zero-order chi connectivity index (χ0) is 26.5. The molecule has 11 heteroatoms. The number of amides is 1. The van der Waals surface area contributed by atoms with E-state index in [4.69, 9.17) is 4.74 Å². The van der Waals surface area contributed by atoms with Crippen molar-refractivity contribution < 1.29 is 40.3 Å². The summed E-state index contributed by atoms with van der Waals surface area (Å²) in [6.07, 6.45) is -8.16. The molecule has 0 aliphatic rings. The molecule has 0 aliphatic heterocycles. The lowest BCUT2D eigenvalue weighted by Crippen LogP contribution is -2.33. The van der Waals surface area contributed by atoms with Crippen LogP contribution < -0.4 is 0 Å². The van der Waals surface area contributed by atoms with E-state index in [0.29, 0.717) is 29.8 Å². The second-order valence-electron chi connectivity index (χ2n) is 8.12. The summed E-state index contributed by atoms with van der Waals surface area (Å²) in [6.45, 7) is 0.407. The van der Waals surface area contributed by atoms with Gasteiger partial charge < -0.3 is 14.2 Å². The summed E-state index contributed by atoms with van der Waals surface area (Å²) in [5.41, 5.74) is -2.65. The smallest absolute Gasteiger partial charge is 0.385 e. The van der Waals surface area contributed by atoms with E-state index in [2.05, 4.69) is 0 Å². The minimum atomic E-state index is -5.07. The van der Waals surface area contributed by atoms with Gasteiger partial charge in [0.1, 0.15) is 5.82 Å². The largest absolute Gasteiger partial charge is 0.416 e.